The van der Waals surface area contributed by atoms with Gasteiger partial charge in [0.25, 0.3) is 0 Å². The zero-order chi connectivity index (χ0) is 18.6. The minimum Gasteiger partial charge on any atom is -0.508 e. The van der Waals surface area contributed by atoms with Crippen molar-refractivity contribution >= 4 is 32.9 Å². The van der Waals surface area contributed by atoms with Crippen LogP contribution in [-0.2, 0) is 6.42 Å². The molecular formula is C20H16O6. The Morgan fingerprint density at radius 2 is 1.77 bits per heavy atom. The first-order chi connectivity index (χ1) is 12.4. The largest absolute Gasteiger partial charge is 0.508 e. The maximum atomic E-state index is 12.4. The Morgan fingerprint density at radius 1 is 1.00 bits per heavy atom. The Morgan fingerprint density at radius 3 is 2.50 bits per heavy atom. The van der Waals surface area contributed by atoms with Crippen LogP contribution in [0.5, 0.6) is 17.2 Å². The van der Waals surface area contributed by atoms with E-state index in [1.807, 2.05) is 19.9 Å². The van der Waals surface area contributed by atoms with Gasteiger partial charge in [-0.1, -0.05) is 11.6 Å². The van der Waals surface area contributed by atoms with Crippen LogP contribution in [0.4, 0.5) is 0 Å². The van der Waals surface area contributed by atoms with Gasteiger partial charge in [0.05, 0.1) is 5.39 Å². The minimum absolute atomic E-state index is 0.00925. The molecule has 26 heavy (non-hydrogen) atoms. The van der Waals surface area contributed by atoms with E-state index in [1.54, 1.807) is 12.1 Å². The van der Waals surface area contributed by atoms with Gasteiger partial charge in [0, 0.05) is 17.0 Å². The summed E-state index contributed by atoms with van der Waals surface area (Å²) in [7, 11) is 0. The molecule has 0 amide bonds. The monoisotopic (exact) mass is 352 g/mol. The molecule has 132 valence electrons. The lowest BCUT2D eigenvalue weighted by atomic mass is 10.0. The van der Waals surface area contributed by atoms with E-state index >= 15 is 0 Å². The molecule has 2 aromatic heterocycles. The summed E-state index contributed by atoms with van der Waals surface area (Å²) < 4.78 is 11.0. The highest BCUT2D eigenvalue weighted by atomic mass is 16.4. The first-order valence-electron chi connectivity index (χ1n) is 8.06. The topological polar surface area (TPSA) is 104 Å². The van der Waals surface area contributed by atoms with Crippen LogP contribution < -0.4 is 5.63 Å². The number of furan rings is 1. The highest BCUT2D eigenvalue weighted by Crippen LogP contribution is 2.41. The normalized spacial score (nSPS) is 11.5. The van der Waals surface area contributed by atoms with Crippen LogP contribution in [0.3, 0.4) is 0 Å². The van der Waals surface area contributed by atoms with Gasteiger partial charge >= 0.3 is 5.63 Å². The third kappa shape index (κ3) is 2.30. The van der Waals surface area contributed by atoms with Gasteiger partial charge < -0.3 is 24.2 Å². The molecule has 0 saturated heterocycles. The fraction of sp³-hybridized carbons (Fsp3) is 0.150. The van der Waals surface area contributed by atoms with E-state index in [1.165, 1.54) is 12.1 Å². The van der Waals surface area contributed by atoms with Crippen LogP contribution in [0.25, 0.3) is 32.9 Å². The Hall–Kier alpha value is -3.41. The van der Waals surface area contributed by atoms with Crippen molar-refractivity contribution in [1.82, 2.24) is 0 Å². The van der Waals surface area contributed by atoms with E-state index in [4.69, 9.17) is 8.83 Å². The average molecular weight is 352 g/mol. The van der Waals surface area contributed by atoms with Gasteiger partial charge in [0.1, 0.15) is 16.7 Å². The quantitative estimate of drug-likeness (QED) is 0.282. The molecule has 0 unspecified atom stereocenters. The van der Waals surface area contributed by atoms with Gasteiger partial charge in [0.2, 0.25) is 5.75 Å². The van der Waals surface area contributed by atoms with Crippen molar-refractivity contribution in [2.75, 3.05) is 0 Å². The van der Waals surface area contributed by atoms with Crippen molar-refractivity contribution in [2.45, 2.75) is 20.3 Å². The molecule has 0 radical (unpaired) electrons. The van der Waals surface area contributed by atoms with Gasteiger partial charge in [-0.15, -0.1) is 0 Å². The van der Waals surface area contributed by atoms with Crippen molar-refractivity contribution in [3.63, 3.8) is 0 Å². The first kappa shape index (κ1) is 16.1. The first-order valence-corrected chi connectivity index (χ1v) is 8.06. The van der Waals surface area contributed by atoms with E-state index in [0.29, 0.717) is 28.3 Å². The van der Waals surface area contributed by atoms with Crippen molar-refractivity contribution in [1.29, 1.82) is 0 Å². The molecule has 0 bridgehead atoms. The summed E-state index contributed by atoms with van der Waals surface area (Å²) in [5.41, 5.74) is 1.29. The predicted molar refractivity (Wildman–Crippen MR) is 97.9 cm³/mol. The lowest BCUT2D eigenvalue weighted by Crippen LogP contribution is -1.99. The maximum Gasteiger partial charge on any atom is 0.348 e. The van der Waals surface area contributed by atoms with Gasteiger partial charge in [0.15, 0.2) is 16.9 Å². The van der Waals surface area contributed by atoms with Gasteiger partial charge in [-0.3, -0.25) is 0 Å². The van der Waals surface area contributed by atoms with Gasteiger partial charge in [-0.2, -0.15) is 0 Å². The summed E-state index contributed by atoms with van der Waals surface area (Å²) in [6, 6.07) is 6.07. The van der Waals surface area contributed by atoms with E-state index in [-0.39, 0.29) is 28.1 Å². The molecule has 0 saturated carbocycles. The molecule has 4 rings (SSSR count). The molecule has 6 nitrogen and oxygen atoms in total. The number of phenols is 3. The maximum absolute atomic E-state index is 12.4. The average Bonchev–Trinajstić information content (AvgIpc) is 2.96. The zero-order valence-electron chi connectivity index (χ0n) is 14.2. The van der Waals surface area contributed by atoms with Crippen LogP contribution >= 0.6 is 0 Å². The molecule has 3 N–H and O–H groups in total. The summed E-state index contributed by atoms with van der Waals surface area (Å²) in [4.78, 5) is 12.4. The molecule has 0 fully saturated rings. The summed E-state index contributed by atoms with van der Waals surface area (Å²) in [5.74, 6) is -0.816. The number of hydrogen-bond donors (Lipinski definition) is 3. The highest BCUT2D eigenvalue weighted by molar-refractivity contribution is 6.14. The third-order valence-electron chi connectivity index (χ3n) is 4.35. The summed E-state index contributed by atoms with van der Waals surface area (Å²) in [6.07, 6.45) is 2.31. The van der Waals surface area contributed by atoms with E-state index < -0.39 is 11.4 Å². The van der Waals surface area contributed by atoms with E-state index in [0.717, 1.165) is 5.57 Å². The molecule has 2 heterocycles. The molecule has 2 aromatic carbocycles. The molecule has 0 aliphatic rings. The Kier molecular flexibility index (Phi) is 3.44. The number of rotatable bonds is 2. The second kappa shape index (κ2) is 5.56. The lowest BCUT2D eigenvalue weighted by molar-refractivity contribution is 0.395. The van der Waals surface area contributed by atoms with Crippen molar-refractivity contribution in [3.05, 3.63) is 51.9 Å². The molecule has 0 atom stereocenters. The molecule has 0 aliphatic carbocycles. The molecule has 0 aliphatic heterocycles. The number of phenolic OH excluding ortho intramolecular Hbond substituents is 3. The van der Waals surface area contributed by atoms with Gasteiger partial charge in [-0.25, -0.2) is 4.79 Å². The lowest BCUT2D eigenvalue weighted by Gasteiger charge is -2.08. The van der Waals surface area contributed by atoms with Crippen LogP contribution in [0.15, 0.2) is 49.5 Å². The second-order valence-electron chi connectivity index (χ2n) is 6.47. The van der Waals surface area contributed by atoms with Gasteiger partial charge in [-0.05, 0) is 38.5 Å². The fourth-order valence-corrected chi connectivity index (χ4v) is 3.06. The molecule has 4 aromatic rings. The molecule has 6 heteroatoms. The van der Waals surface area contributed by atoms with Crippen LogP contribution in [0.2, 0.25) is 0 Å². The summed E-state index contributed by atoms with van der Waals surface area (Å²) in [5, 5.41) is 31.3. The Bertz CT molecular complexity index is 1270. The number of allylic oxidation sites excluding steroid dienone is 2. The summed E-state index contributed by atoms with van der Waals surface area (Å²) >= 11 is 0. The molecule has 0 spiro atoms. The van der Waals surface area contributed by atoms with Crippen molar-refractivity contribution in [2.24, 2.45) is 0 Å². The van der Waals surface area contributed by atoms with Crippen molar-refractivity contribution < 1.29 is 24.2 Å². The number of aromatic hydroxyl groups is 3. The summed E-state index contributed by atoms with van der Waals surface area (Å²) in [6.45, 7) is 3.86. The molecular weight excluding hydrogens is 336 g/mol. The second-order valence-corrected chi connectivity index (χ2v) is 6.47. The smallest absolute Gasteiger partial charge is 0.348 e. The number of benzene rings is 2. The van der Waals surface area contributed by atoms with E-state index in [9.17, 15) is 20.1 Å². The zero-order valence-corrected chi connectivity index (χ0v) is 14.2. The fourth-order valence-electron chi connectivity index (χ4n) is 3.06. The number of fused-ring (bicyclic) bond motifs is 5. The standard InChI is InChI=1S/C20H16O6/c1-9(2)3-4-10-7-13-18-15(12-6-5-11(21)8-14(12)25-18)20(24)26-19(13)17(23)16(10)22/h3,5-8,21-23H,4H2,1-2H3. The number of hydrogen-bond acceptors (Lipinski definition) is 6. The van der Waals surface area contributed by atoms with Crippen LogP contribution in [-0.4, -0.2) is 15.3 Å². The van der Waals surface area contributed by atoms with E-state index in [2.05, 4.69) is 0 Å². The predicted octanol–water partition coefficient (Wildman–Crippen LogP) is 4.32. The SMILES string of the molecule is CC(C)=CCc1cc2c(oc(=O)c3c4ccc(O)cc4oc23)c(O)c1O. The van der Waals surface area contributed by atoms with Crippen LogP contribution in [0, 0.1) is 0 Å². The van der Waals surface area contributed by atoms with Crippen LogP contribution in [0.1, 0.15) is 19.4 Å². The minimum atomic E-state index is -0.691. The third-order valence-corrected chi connectivity index (χ3v) is 4.35. The Balaban J connectivity index is 2.15. The Labute approximate surface area is 147 Å². The van der Waals surface area contributed by atoms with Crippen molar-refractivity contribution in [3.8, 4) is 17.2 Å². The highest BCUT2D eigenvalue weighted by Gasteiger charge is 2.21.